The van der Waals surface area contributed by atoms with Crippen LogP contribution in [0.5, 0.6) is 46.0 Å². The number of ether oxygens (including phenoxy) is 4. The number of carbonyl (C=O) groups is 6. The molecule has 110 heavy (non-hydrogen) atoms. The summed E-state index contributed by atoms with van der Waals surface area (Å²) in [6.45, 7) is -0.121. The minimum atomic E-state index is -3.33. The van der Waals surface area contributed by atoms with Crippen molar-refractivity contribution in [1.29, 1.82) is 0 Å². The maximum Gasteiger partial charge on any atom is 0.501 e. The molecule has 15 aromatic rings. The van der Waals surface area contributed by atoms with E-state index in [9.17, 15) is 0 Å². The first-order chi connectivity index (χ1) is 53.7. The number of benzene rings is 13. The molecule has 2 aliphatic rings. The first-order valence-electron chi connectivity index (χ1n) is 35.4. The van der Waals surface area contributed by atoms with E-state index in [1.54, 1.807) is 158 Å². The summed E-state index contributed by atoms with van der Waals surface area (Å²) in [6, 6.07) is 63.6. The van der Waals surface area contributed by atoms with Crippen LogP contribution in [-0.2, 0) is 36.1 Å². The highest BCUT2D eigenvalue weighted by Gasteiger charge is 2.48. The van der Waals surface area contributed by atoms with Gasteiger partial charge in [0.25, 0.3) is 23.6 Å². The zero-order chi connectivity index (χ0) is 75.7. The predicted octanol–water partition coefficient (Wildman–Crippen LogP) is 17.4. The Bertz CT molecular complexity index is 5610. The zero-order valence-corrected chi connectivity index (χ0v) is 62.2. The second-order valence-corrected chi connectivity index (χ2v) is 32.7. The molecule has 2 N–H and O–H groups in total. The molecule has 0 spiro atoms. The van der Waals surface area contributed by atoms with Crippen molar-refractivity contribution >= 4 is 140 Å². The number of carbonyl (C=O) groups excluding carboxylic acids is 6. The Morgan fingerprint density at radius 2 is 0.600 bits per heavy atom. The molecule has 2 aromatic heterocycles. The van der Waals surface area contributed by atoms with Gasteiger partial charge in [-0.25, -0.2) is 0 Å². The fourth-order valence-corrected chi connectivity index (χ4v) is 18.5. The van der Waals surface area contributed by atoms with Crippen LogP contribution in [0.15, 0.2) is 239 Å². The minimum absolute atomic E-state index is 0.0315. The predicted molar refractivity (Wildman–Crippen MR) is 417 cm³/mol. The number of imide groups is 2. The van der Waals surface area contributed by atoms with Gasteiger partial charge in [0.05, 0.1) is 22.3 Å². The van der Waals surface area contributed by atoms with Crippen molar-refractivity contribution in [3.63, 3.8) is 0 Å². The van der Waals surface area contributed by atoms with Crippen molar-refractivity contribution in [1.82, 2.24) is 20.4 Å². The van der Waals surface area contributed by atoms with E-state index in [0.29, 0.717) is 56.1 Å². The first kappa shape index (κ1) is 70.4. The molecule has 6 amide bonds. The molecule has 2 atom stereocenters. The van der Waals surface area contributed by atoms with E-state index in [2.05, 4.69) is 10.6 Å². The molecule has 0 saturated heterocycles. The first-order valence-corrected chi connectivity index (χ1v) is 39.3. The standard InChI is InChI=1S/C86H68N4O18Si2/c1-97-109(98-2,99-3)41-39-87-81(91)79(49-35-37-65-57(43-49)55-31-19-21-33-63(55)107-65)89-83(93)59-45-67(103-51-23-11-7-12-24-51)73-75-69(105-53-27-15-9-16-28-53)47-61-72-62(48-70(106-54-29-17-10-18-30-54)76(78(72)75)74-68(104-52-25-13-8-14-26-52)46-60(84(89)94)71(59)77(73)74)86(96)90(85(61)95)80(82(92)88-40-42-110(100-4,101-5)102-6)50-36-38-66-58(44-50)56-32-20-22-34-64(56)108-66/h7-38,43-48,79-80H,39-42H2,1-6H3,(H,87,91)(H,88,92). The normalized spacial score (nSPS) is 13.8. The Labute approximate surface area is 630 Å². The van der Waals surface area contributed by atoms with E-state index >= 15 is 28.8 Å². The third kappa shape index (κ3) is 11.9. The largest absolute Gasteiger partial charge is 0.501 e. The lowest BCUT2D eigenvalue weighted by atomic mass is 9.80. The number of para-hydroxylation sites is 6. The lowest BCUT2D eigenvalue weighted by Gasteiger charge is -2.36. The Kier molecular flexibility index (Phi) is 18.2. The zero-order valence-electron chi connectivity index (χ0n) is 60.2. The summed E-state index contributed by atoms with van der Waals surface area (Å²) in [5, 5.41) is 10.4. The average Bonchev–Trinajstić information content (AvgIpc) is 0.734. The van der Waals surface area contributed by atoms with E-state index in [1.807, 2.05) is 72.8 Å². The number of amides is 6. The third-order valence-corrected chi connectivity index (χ3v) is 26.1. The maximum atomic E-state index is 16.8. The number of nitrogens with zero attached hydrogens (tertiary/aromatic N) is 2. The van der Waals surface area contributed by atoms with Crippen molar-refractivity contribution in [2.45, 2.75) is 24.2 Å². The van der Waals surface area contributed by atoms with Gasteiger partial charge in [0.2, 0.25) is 11.8 Å². The molecule has 548 valence electrons. The van der Waals surface area contributed by atoms with E-state index < -0.39 is 65.1 Å². The summed E-state index contributed by atoms with van der Waals surface area (Å²) in [4.78, 5) is 100. The quantitative estimate of drug-likeness (QED) is 0.0221. The maximum absolute atomic E-state index is 16.8. The number of furan rings is 2. The van der Waals surface area contributed by atoms with Crippen molar-refractivity contribution < 1.29 is 83.1 Å². The van der Waals surface area contributed by atoms with E-state index in [0.717, 1.165) is 20.6 Å². The van der Waals surface area contributed by atoms with Gasteiger partial charge < -0.3 is 65.0 Å². The topological polar surface area (TPSA) is 252 Å². The van der Waals surface area contributed by atoms with E-state index in [1.165, 1.54) is 42.7 Å². The molecular formula is C86H68N4O18Si2. The number of rotatable bonds is 26. The monoisotopic (exact) mass is 1500 g/mol. The SMILES string of the molecule is CO[Si](CCNC(=O)C(c1ccc2oc3ccccc3c2c1)N1C(=O)c2cc(Oc3ccccc3)c3c4c(Oc5ccccc5)cc5c6c(cc(Oc7ccccc7)c(c7c(Oc8ccccc8)cc(c2c37)C1=O)c64)C(=O)N(C(C(=O)NCC[Si](OC)(OC)OC)c1ccc2oc3ccccc3c2c1)C5=O)(OC)OC. The molecule has 13 aromatic carbocycles. The summed E-state index contributed by atoms with van der Waals surface area (Å²) >= 11 is 0. The number of nitrogens with one attached hydrogen (secondary N) is 2. The van der Waals surface area contributed by atoms with E-state index in [4.69, 9.17) is 54.3 Å². The van der Waals surface area contributed by atoms with Gasteiger partial charge in [-0.1, -0.05) is 121 Å². The summed E-state index contributed by atoms with van der Waals surface area (Å²) in [5.74, 6) is -3.63. The van der Waals surface area contributed by atoms with Crippen LogP contribution in [0.3, 0.4) is 0 Å². The van der Waals surface area contributed by atoms with Crippen LogP contribution in [0.4, 0.5) is 0 Å². The van der Waals surface area contributed by atoms with Gasteiger partial charge in [-0.2, -0.15) is 0 Å². The molecule has 0 fully saturated rings. The number of hydrogen-bond acceptors (Lipinski definition) is 18. The van der Waals surface area contributed by atoms with Crippen molar-refractivity contribution in [2.24, 2.45) is 0 Å². The Morgan fingerprint density at radius 3 is 0.891 bits per heavy atom. The van der Waals surface area contributed by atoms with Crippen LogP contribution in [0.25, 0.3) is 87.0 Å². The summed E-state index contributed by atoms with van der Waals surface area (Å²) in [7, 11) is 2.11. The lowest BCUT2D eigenvalue weighted by molar-refractivity contribution is -0.125. The second-order valence-electron chi connectivity index (χ2n) is 26.5. The fourth-order valence-electron chi connectivity index (χ4n) is 15.4. The van der Waals surface area contributed by atoms with Gasteiger partial charge in [0, 0.05) is 132 Å². The van der Waals surface area contributed by atoms with Crippen molar-refractivity contribution in [3.8, 4) is 46.0 Å². The minimum Gasteiger partial charge on any atom is -0.457 e. The highest BCUT2D eigenvalue weighted by atomic mass is 28.4. The van der Waals surface area contributed by atoms with Gasteiger partial charge in [-0.15, -0.1) is 0 Å². The third-order valence-electron chi connectivity index (χ3n) is 20.6. The number of fused-ring (bicyclic) bond motifs is 8. The van der Waals surface area contributed by atoms with Crippen LogP contribution in [0, 0.1) is 0 Å². The summed E-state index contributed by atoms with van der Waals surface area (Å²) < 4.78 is 75.9. The molecule has 17 rings (SSSR count). The molecular weight excluding hydrogens is 1430 g/mol. The van der Waals surface area contributed by atoms with Crippen LogP contribution < -0.4 is 29.6 Å². The molecule has 2 unspecified atom stereocenters. The summed E-state index contributed by atoms with van der Waals surface area (Å²) in [6.07, 6.45) is 0. The highest BCUT2D eigenvalue weighted by molar-refractivity contribution is 6.61. The number of hydrogen-bond donors (Lipinski definition) is 2. The van der Waals surface area contributed by atoms with Gasteiger partial charge in [-0.3, -0.25) is 38.6 Å². The molecule has 0 radical (unpaired) electrons. The van der Waals surface area contributed by atoms with Gasteiger partial charge in [-0.05, 0) is 120 Å². The highest BCUT2D eigenvalue weighted by Crippen LogP contribution is 2.59. The van der Waals surface area contributed by atoms with Crippen LogP contribution in [0.2, 0.25) is 12.1 Å². The average molecular weight is 1500 g/mol. The fraction of sp³-hybridized carbons (Fsp3) is 0.140. The van der Waals surface area contributed by atoms with Gasteiger partial charge in [0.1, 0.15) is 80.4 Å². The van der Waals surface area contributed by atoms with Crippen molar-refractivity contribution in [3.05, 3.63) is 264 Å². The van der Waals surface area contributed by atoms with Crippen LogP contribution >= 0.6 is 0 Å². The van der Waals surface area contributed by atoms with Gasteiger partial charge >= 0.3 is 17.6 Å². The van der Waals surface area contributed by atoms with Crippen molar-refractivity contribution in [2.75, 3.05) is 55.7 Å². The molecule has 4 heterocycles. The summed E-state index contributed by atoms with van der Waals surface area (Å²) in [5.41, 5.74) is 2.42. The molecule has 24 heteroatoms. The molecule has 2 aliphatic heterocycles. The Balaban J connectivity index is 0.959. The lowest BCUT2D eigenvalue weighted by Crippen LogP contribution is -2.50. The molecule has 0 saturated carbocycles. The molecule has 22 nitrogen and oxygen atoms in total. The molecule has 0 bridgehead atoms. The second kappa shape index (κ2) is 28.5. The van der Waals surface area contributed by atoms with E-state index in [-0.39, 0.29) is 125 Å². The smallest absolute Gasteiger partial charge is 0.457 e. The molecule has 0 aliphatic carbocycles. The Morgan fingerprint density at radius 1 is 0.327 bits per heavy atom. The van der Waals surface area contributed by atoms with Crippen LogP contribution in [0.1, 0.15) is 64.6 Å². The Hall–Kier alpha value is -12.6. The van der Waals surface area contributed by atoms with Crippen LogP contribution in [-0.4, -0.2) is 119 Å². The van der Waals surface area contributed by atoms with Gasteiger partial charge in [0.15, 0.2) is 0 Å².